The Kier molecular flexibility index (Phi) is 2.65. The summed E-state index contributed by atoms with van der Waals surface area (Å²) >= 11 is 7.49. The molecule has 0 radical (unpaired) electrons. The SMILES string of the molecule is O=[N+]([O-])c1ccc2c(c1)Nc1ccc(Cl)cc1S2. The van der Waals surface area contributed by atoms with Crippen molar-refractivity contribution >= 4 is 40.4 Å². The molecule has 1 heterocycles. The second-order valence-corrected chi connectivity index (χ2v) is 5.33. The Balaban J connectivity index is 2.05. The van der Waals surface area contributed by atoms with Crippen LogP contribution in [-0.4, -0.2) is 4.92 Å². The summed E-state index contributed by atoms with van der Waals surface area (Å²) in [7, 11) is 0. The largest absolute Gasteiger partial charge is 0.353 e. The number of rotatable bonds is 1. The second-order valence-electron chi connectivity index (χ2n) is 3.81. The van der Waals surface area contributed by atoms with Crippen LogP contribution in [0.3, 0.4) is 0 Å². The van der Waals surface area contributed by atoms with Gasteiger partial charge in [0.1, 0.15) is 0 Å². The van der Waals surface area contributed by atoms with Crippen molar-refractivity contribution in [2.24, 2.45) is 0 Å². The van der Waals surface area contributed by atoms with Crippen molar-refractivity contribution in [3.8, 4) is 0 Å². The first kappa shape index (κ1) is 11.4. The molecule has 0 atom stereocenters. The number of nitrogens with zero attached hydrogens (tertiary/aromatic N) is 1. The van der Waals surface area contributed by atoms with Gasteiger partial charge in [0.05, 0.1) is 16.3 Å². The summed E-state index contributed by atoms with van der Waals surface area (Å²) in [6.45, 7) is 0. The number of nitro groups is 1. The van der Waals surface area contributed by atoms with Gasteiger partial charge in [0.25, 0.3) is 5.69 Å². The van der Waals surface area contributed by atoms with Gasteiger partial charge >= 0.3 is 0 Å². The highest BCUT2D eigenvalue weighted by atomic mass is 35.5. The Morgan fingerprint density at radius 2 is 1.94 bits per heavy atom. The first-order chi connectivity index (χ1) is 8.63. The van der Waals surface area contributed by atoms with E-state index in [4.69, 9.17) is 11.6 Å². The Bertz CT molecular complexity index is 661. The third-order valence-electron chi connectivity index (χ3n) is 2.61. The van der Waals surface area contributed by atoms with Crippen LogP contribution in [0.4, 0.5) is 17.1 Å². The molecule has 0 fully saturated rings. The lowest BCUT2D eigenvalue weighted by atomic mass is 10.2. The average Bonchev–Trinajstić information content (AvgIpc) is 2.35. The summed E-state index contributed by atoms with van der Waals surface area (Å²) in [4.78, 5) is 12.3. The number of nitrogens with one attached hydrogen (secondary N) is 1. The van der Waals surface area contributed by atoms with E-state index in [9.17, 15) is 10.1 Å². The van der Waals surface area contributed by atoms with Crippen LogP contribution in [0, 0.1) is 10.1 Å². The molecule has 90 valence electrons. The number of hydrogen-bond acceptors (Lipinski definition) is 4. The highest BCUT2D eigenvalue weighted by molar-refractivity contribution is 7.99. The molecule has 0 saturated heterocycles. The minimum Gasteiger partial charge on any atom is -0.353 e. The van der Waals surface area contributed by atoms with Gasteiger partial charge < -0.3 is 5.32 Å². The van der Waals surface area contributed by atoms with Crippen molar-refractivity contribution in [1.82, 2.24) is 0 Å². The van der Waals surface area contributed by atoms with Crippen LogP contribution in [0.2, 0.25) is 5.02 Å². The summed E-state index contributed by atoms with van der Waals surface area (Å²) < 4.78 is 0. The number of fused-ring (bicyclic) bond motifs is 2. The molecule has 4 nitrogen and oxygen atoms in total. The molecule has 0 saturated carbocycles. The first-order valence-electron chi connectivity index (χ1n) is 5.16. The lowest BCUT2D eigenvalue weighted by molar-refractivity contribution is -0.384. The average molecular weight is 279 g/mol. The van der Waals surface area contributed by atoms with E-state index in [1.54, 1.807) is 30.0 Å². The maximum atomic E-state index is 10.7. The van der Waals surface area contributed by atoms with Crippen molar-refractivity contribution in [3.63, 3.8) is 0 Å². The summed E-state index contributed by atoms with van der Waals surface area (Å²) in [5.41, 5.74) is 1.75. The third kappa shape index (κ3) is 1.91. The van der Waals surface area contributed by atoms with Crippen LogP contribution < -0.4 is 5.32 Å². The van der Waals surface area contributed by atoms with E-state index in [-0.39, 0.29) is 5.69 Å². The second kappa shape index (κ2) is 4.19. The van der Waals surface area contributed by atoms with Crippen LogP contribution in [0.5, 0.6) is 0 Å². The van der Waals surface area contributed by atoms with Gasteiger partial charge in [0.2, 0.25) is 0 Å². The minimum atomic E-state index is -0.399. The van der Waals surface area contributed by atoms with Crippen LogP contribution in [0.15, 0.2) is 46.2 Å². The smallest absolute Gasteiger partial charge is 0.271 e. The van der Waals surface area contributed by atoms with Crippen molar-refractivity contribution in [2.75, 3.05) is 5.32 Å². The van der Waals surface area contributed by atoms with E-state index in [1.807, 2.05) is 12.1 Å². The van der Waals surface area contributed by atoms with E-state index < -0.39 is 4.92 Å². The molecule has 18 heavy (non-hydrogen) atoms. The fourth-order valence-electron chi connectivity index (χ4n) is 1.77. The monoisotopic (exact) mass is 278 g/mol. The van der Waals surface area contributed by atoms with Crippen molar-refractivity contribution in [3.05, 3.63) is 51.5 Å². The normalized spacial score (nSPS) is 12.3. The molecule has 0 aliphatic carbocycles. The lowest BCUT2D eigenvalue weighted by Crippen LogP contribution is -2.00. The Morgan fingerprint density at radius 3 is 2.72 bits per heavy atom. The molecule has 6 heteroatoms. The number of halogens is 1. The summed E-state index contributed by atoms with van der Waals surface area (Å²) in [6, 6.07) is 10.3. The standard InChI is InChI=1S/C12H7ClN2O2S/c13-7-1-3-9-12(5-7)18-11-4-2-8(15(16)17)6-10(11)14-9/h1-6,14H. The van der Waals surface area contributed by atoms with Crippen LogP contribution in [0.25, 0.3) is 0 Å². The van der Waals surface area contributed by atoms with Gasteiger partial charge in [-0.1, -0.05) is 23.4 Å². The van der Waals surface area contributed by atoms with Gasteiger partial charge in [-0.25, -0.2) is 0 Å². The van der Waals surface area contributed by atoms with Crippen LogP contribution >= 0.6 is 23.4 Å². The number of nitro benzene ring substituents is 1. The third-order valence-corrected chi connectivity index (χ3v) is 3.98. The van der Waals surface area contributed by atoms with Gasteiger partial charge in [-0.2, -0.15) is 0 Å². The molecule has 1 N–H and O–H groups in total. The predicted octanol–water partition coefficient (Wildman–Crippen LogP) is 4.46. The molecule has 0 aromatic heterocycles. The van der Waals surface area contributed by atoms with Crippen LogP contribution in [-0.2, 0) is 0 Å². The van der Waals surface area contributed by atoms with Gasteiger partial charge in [0.15, 0.2) is 0 Å². The molecule has 3 rings (SSSR count). The van der Waals surface area contributed by atoms with Gasteiger partial charge in [-0.3, -0.25) is 10.1 Å². The zero-order valence-corrected chi connectivity index (χ0v) is 10.6. The van der Waals surface area contributed by atoms with E-state index >= 15 is 0 Å². The number of anilines is 2. The van der Waals surface area contributed by atoms with Gasteiger partial charge in [0, 0.05) is 26.9 Å². The molecular formula is C12H7ClN2O2S. The zero-order valence-electron chi connectivity index (χ0n) is 9.01. The van der Waals surface area contributed by atoms with E-state index in [0.717, 1.165) is 21.2 Å². The Morgan fingerprint density at radius 1 is 1.11 bits per heavy atom. The molecule has 1 aliphatic heterocycles. The van der Waals surface area contributed by atoms with Crippen molar-refractivity contribution < 1.29 is 4.92 Å². The number of benzene rings is 2. The summed E-state index contributed by atoms with van der Waals surface area (Å²) in [5, 5.41) is 14.6. The van der Waals surface area contributed by atoms with E-state index in [1.165, 1.54) is 6.07 Å². The molecule has 2 aromatic carbocycles. The maximum absolute atomic E-state index is 10.7. The molecular weight excluding hydrogens is 272 g/mol. The number of hydrogen-bond donors (Lipinski definition) is 1. The Hall–Kier alpha value is -1.72. The molecule has 0 bridgehead atoms. The van der Waals surface area contributed by atoms with Gasteiger partial charge in [-0.05, 0) is 24.3 Å². The minimum absolute atomic E-state index is 0.0827. The highest BCUT2D eigenvalue weighted by Crippen LogP contribution is 2.45. The molecule has 1 aliphatic rings. The van der Waals surface area contributed by atoms with E-state index in [0.29, 0.717) is 5.02 Å². The first-order valence-corrected chi connectivity index (χ1v) is 6.36. The molecule has 0 unspecified atom stereocenters. The molecule has 2 aromatic rings. The highest BCUT2D eigenvalue weighted by Gasteiger charge is 2.18. The van der Waals surface area contributed by atoms with Crippen LogP contribution in [0.1, 0.15) is 0 Å². The van der Waals surface area contributed by atoms with Gasteiger partial charge in [-0.15, -0.1) is 0 Å². The molecule has 0 amide bonds. The summed E-state index contributed by atoms with van der Waals surface area (Å²) in [5.74, 6) is 0. The topological polar surface area (TPSA) is 55.2 Å². The quantitative estimate of drug-likeness (QED) is 0.527. The Labute approximate surface area is 112 Å². The molecule has 0 spiro atoms. The summed E-state index contributed by atoms with van der Waals surface area (Å²) in [6.07, 6.45) is 0. The predicted molar refractivity (Wildman–Crippen MR) is 72.0 cm³/mol. The van der Waals surface area contributed by atoms with Crippen molar-refractivity contribution in [1.29, 1.82) is 0 Å². The fraction of sp³-hybridized carbons (Fsp3) is 0. The fourth-order valence-corrected chi connectivity index (χ4v) is 3.01. The zero-order chi connectivity index (χ0) is 12.7. The number of non-ortho nitro benzene ring substituents is 1. The van der Waals surface area contributed by atoms with Crippen molar-refractivity contribution in [2.45, 2.75) is 9.79 Å². The lowest BCUT2D eigenvalue weighted by Gasteiger charge is -2.20. The van der Waals surface area contributed by atoms with E-state index in [2.05, 4.69) is 5.32 Å². The maximum Gasteiger partial charge on any atom is 0.271 e.